The molecule has 0 saturated carbocycles. The van der Waals surface area contributed by atoms with Crippen molar-refractivity contribution in [3.63, 3.8) is 0 Å². The lowest BCUT2D eigenvalue weighted by Gasteiger charge is -2.05. The van der Waals surface area contributed by atoms with E-state index in [9.17, 15) is 5.11 Å². The Morgan fingerprint density at radius 2 is 2.25 bits per heavy atom. The van der Waals surface area contributed by atoms with Crippen molar-refractivity contribution in [3.05, 3.63) is 28.8 Å². The van der Waals surface area contributed by atoms with Crippen LogP contribution in [0, 0.1) is 6.92 Å². The minimum atomic E-state index is 0.131. The predicted octanol–water partition coefficient (Wildman–Crippen LogP) is 2.29. The maximum Gasteiger partial charge on any atom is 0.124 e. The van der Waals surface area contributed by atoms with E-state index in [1.165, 1.54) is 0 Å². The molecule has 64 valence electrons. The van der Waals surface area contributed by atoms with Gasteiger partial charge < -0.3 is 9.84 Å². The van der Waals surface area contributed by atoms with Crippen LogP contribution in [-0.4, -0.2) is 5.11 Å². The average Bonchev–Trinajstić information content (AvgIpc) is 2.41. The fraction of sp³-hybridized carbons (Fsp3) is 0.400. The summed E-state index contributed by atoms with van der Waals surface area (Å²) in [6.07, 6.45) is 0.131. The van der Waals surface area contributed by atoms with Crippen LogP contribution in [-0.2, 0) is 11.3 Å². The number of rotatable bonds is 0. The molecule has 1 aliphatic heterocycles. The highest BCUT2D eigenvalue weighted by atomic mass is 16.5. The van der Waals surface area contributed by atoms with Gasteiger partial charge in [0.1, 0.15) is 5.75 Å². The molecule has 0 aliphatic carbocycles. The van der Waals surface area contributed by atoms with Crippen LogP contribution < -0.4 is 0 Å². The Bertz CT molecular complexity index is 318. The van der Waals surface area contributed by atoms with Crippen molar-refractivity contribution < 1.29 is 9.84 Å². The lowest BCUT2D eigenvalue weighted by molar-refractivity contribution is 0.0790. The largest absolute Gasteiger partial charge is 0.507 e. The Balaban J connectivity index is 2.60. The van der Waals surface area contributed by atoms with Crippen LogP contribution in [0.3, 0.4) is 0 Å². The van der Waals surface area contributed by atoms with Gasteiger partial charge in [-0.2, -0.15) is 0 Å². The second kappa shape index (κ2) is 2.49. The highest BCUT2D eigenvalue weighted by Crippen LogP contribution is 2.37. The van der Waals surface area contributed by atoms with Crippen LogP contribution in [0.1, 0.15) is 29.7 Å². The van der Waals surface area contributed by atoms with Gasteiger partial charge in [0.05, 0.1) is 12.7 Å². The molecule has 1 atom stereocenters. The Hall–Kier alpha value is -1.02. The lowest BCUT2D eigenvalue weighted by Crippen LogP contribution is -1.88. The maximum absolute atomic E-state index is 9.66. The van der Waals surface area contributed by atoms with Gasteiger partial charge in [-0.15, -0.1) is 0 Å². The van der Waals surface area contributed by atoms with Crippen molar-refractivity contribution in [2.75, 3.05) is 0 Å². The fourth-order valence-electron chi connectivity index (χ4n) is 1.60. The number of phenols is 1. The van der Waals surface area contributed by atoms with Crippen LogP contribution >= 0.6 is 0 Å². The zero-order valence-electron chi connectivity index (χ0n) is 7.29. The Kier molecular flexibility index (Phi) is 1.58. The second-order valence-corrected chi connectivity index (χ2v) is 3.25. The maximum atomic E-state index is 9.66. The van der Waals surface area contributed by atoms with Gasteiger partial charge >= 0.3 is 0 Å². The van der Waals surface area contributed by atoms with Crippen LogP contribution in [0.4, 0.5) is 0 Å². The first-order valence-corrected chi connectivity index (χ1v) is 4.13. The molecule has 2 rings (SSSR count). The molecule has 0 amide bonds. The van der Waals surface area contributed by atoms with Crippen LogP contribution in [0.15, 0.2) is 12.1 Å². The van der Waals surface area contributed by atoms with Gasteiger partial charge in [0.2, 0.25) is 0 Å². The topological polar surface area (TPSA) is 29.5 Å². The van der Waals surface area contributed by atoms with Gasteiger partial charge in [-0.25, -0.2) is 0 Å². The Morgan fingerprint density at radius 3 is 3.00 bits per heavy atom. The van der Waals surface area contributed by atoms with Crippen molar-refractivity contribution in [2.24, 2.45) is 0 Å². The van der Waals surface area contributed by atoms with Crippen LogP contribution in [0.2, 0.25) is 0 Å². The molecule has 0 fully saturated rings. The third-order valence-electron chi connectivity index (χ3n) is 2.44. The number of hydrogen-bond acceptors (Lipinski definition) is 2. The molecule has 1 unspecified atom stereocenters. The number of hydrogen-bond donors (Lipinski definition) is 1. The summed E-state index contributed by atoms with van der Waals surface area (Å²) in [5.41, 5.74) is 3.01. The molecular weight excluding hydrogens is 152 g/mol. The SMILES string of the molecule is Cc1ccc2c(c1O)COC2C. The quantitative estimate of drug-likeness (QED) is 0.637. The molecule has 1 heterocycles. The minimum Gasteiger partial charge on any atom is -0.507 e. The Morgan fingerprint density at radius 1 is 1.50 bits per heavy atom. The monoisotopic (exact) mass is 164 g/mol. The van der Waals surface area contributed by atoms with Crippen LogP contribution in [0.25, 0.3) is 0 Å². The van der Waals surface area contributed by atoms with E-state index in [0.717, 1.165) is 16.7 Å². The van der Waals surface area contributed by atoms with Crippen molar-refractivity contribution in [1.82, 2.24) is 0 Å². The van der Waals surface area contributed by atoms with Gasteiger partial charge in [-0.1, -0.05) is 12.1 Å². The molecule has 1 aromatic rings. The molecule has 2 nitrogen and oxygen atoms in total. The van der Waals surface area contributed by atoms with E-state index in [-0.39, 0.29) is 6.10 Å². The van der Waals surface area contributed by atoms with E-state index < -0.39 is 0 Å². The summed E-state index contributed by atoms with van der Waals surface area (Å²) >= 11 is 0. The molecule has 0 aromatic heterocycles. The third-order valence-corrected chi connectivity index (χ3v) is 2.44. The smallest absolute Gasteiger partial charge is 0.124 e. The van der Waals surface area contributed by atoms with Crippen molar-refractivity contribution >= 4 is 0 Å². The summed E-state index contributed by atoms with van der Waals surface area (Å²) in [6, 6.07) is 3.96. The molecule has 0 spiro atoms. The zero-order valence-corrected chi connectivity index (χ0v) is 7.29. The van der Waals surface area contributed by atoms with E-state index in [1.807, 2.05) is 26.0 Å². The Labute approximate surface area is 71.8 Å². The first-order chi connectivity index (χ1) is 5.70. The number of phenolic OH excluding ortho intramolecular Hbond substituents is 1. The predicted molar refractivity (Wildman–Crippen MR) is 46.0 cm³/mol. The molecule has 1 N–H and O–H groups in total. The number of aromatic hydroxyl groups is 1. The van der Waals surface area contributed by atoms with Gasteiger partial charge in [-0.3, -0.25) is 0 Å². The molecule has 0 radical (unpaired) electrons. The summed E-state index contributed by atoms with van der Waals surface area (Å²) in [7, 11) is 0. The molecule has 12 heavy (non-hydrogen) atoms. The second-order valence-electron chi connectivity index (χ2n) is 3.25. The normalized spacial score (nSPS) is 21.0. The van der Waals surface area contributed by atoms with E-state index in [2.05, 4.69) is 0 Å². The number of aryl methyl sites for hydroxylation is 1. The summed E-state index contributed by atoms with van der Waals surface area (Å²) in [5, 5.41) is 9.66. The summed E-state index contributed by atoms with van der Waals surface area (Å²) in [6.45, 7) is 4.45. The van der Waals surface area contributed by atoms with E-state index >= 15 is 0 Å². The van der Waals surface area contributed by atoms with Crippen LogP contribution in [0.5, 0.6) is 5.75 Å². The molecule has 1 aromatic carbocycles. The number of benzene rings is 1. The number of ether oxygens (including phenoxy) is 1. The summed E-state index contributed by atoms with van der Waals surface area (Å²) in [5.74, 6) is 0.400. The van der Waals surface area contributed by atoms with E-state index in [0.29, 0.717) is 12.4 Å². The average molecular weight is 164 g/mol. The van der Waals surface area contributed by atoms with Crippen molar-refractivity contribution in [2.45, 2.75) is 26.6 Å². The minimum absolute atomic E-state index is 0.131. The zero-order chi connectivity index (χ0) is 8.72. The third kappa shape index (κ3) is 0.916. The van der Waals surface area contributed by atoms with Gasteiger partial charge in [0.15, 0.2) is 0 Å². The molecular formula is C10H12O2. The molecule has 0 saturated heterocycles. The molecule has 1 aliphatic rings. The highest BCUT2D eigenvalue weighted by molar-refractivity contribution is 5.46. The van der Waals surface area contributed by atoms with Crippen molar-refractivity contribution in [3.8, 4) is 5.75 Å². The molecule has 0 bridgehead atoms. The van der Waals surface area contributed by atoms with Crippen molar-refractivity contribution in [1.29, 1.82) is 0 Å². The molecule has 2 heteroatoms. The van der Waals surface area contributed by atoms with Gasteiger partial charge in [0.25, 0.3) is 0 Å². The first kappa shape index (κ1) is 7.62. The summed E-state index contributed by atoms with van der Waals surface area (Å²) < 4.78 is 5.40. The summed E-state index contributed by atoms with van der Waals surface area (Å²) in [4.78, 5) is 0. The van der Waals surface area contributed by atoms with E-state index in [1.54, 1.807) is 0 Å². The fourth-order valence-corrected chi connectivity index (χ4v) is 1.60. The van der Waals surface area contributed by atoms with Gasteiger partial charge in [-0.05, 0) is 25.0 Å². The van der Waals surface area contributed by atoms with E-state index in [4.69, 9.17) is 4.74 Å². The number of fused-ring (bicyclic) bond motifs is 1. The van der Waals surface area contributed by atoms with Gasteiger partial charge in [0, 0.05) is 5.56 Å². The lowest BCUT2D eigenvalue weighted by atomic mass is 10.0. The first-order valence-electron chi connectivity index (χ1n) is 4.13. The standard InChI is InChI=1S/C10H12O2/c1-6-3-4-8-7(2)12-5-9(8)10(6)11/h3-4,7,11H,5H2,1-2H3. The highest BCUT2D eigenvalue weighted by Gasteiger charge is 2.22.